The molecule has 9 heteroatoms. The smallest absolute Gasteiger partial charge is 0.266 e. The summed E-state index contributed by atoms with van der Waals surface area (Å²) in [6.07, 6.45) is 2.97. The number of aryl methyl sites for hydroxylation is 1. The number of halogens is 1. The van der Waals surface area contributed by atoms with E-state index in [2.05, 4.69) is 25.3 Å². The lowest BCUT2D eigenvalue weighted by atomic mass is 10.1. The molecule has 2 aromatic carbocycles. The molecule has 0 fully saturated rings. The summed E-state index contributed by atoms with van der Waals surface area (Å²) in [5.74, 6) is 0.608. The van der Waals surface area contributed by atoms with Gasteiger partial charge in [-0.05, 0) is 49.7 Å². The first-order valence-electron chi connectivity index (χ1n) is 9.72. The SMILES string of the molecule is Cc1cccc2nc(C(C)Nc3ncnc4[nH]cnc34)n(-c3ccc(F)cc3)c(=O)c12. The summed E-state index contributed by atoms with van der Waals surface area (Å²) in [7, 11) is 0. The molecule has 5 aromatic rings. The van der Waals surface area contributed by atoms with Crippen LogP contribution in [0.5, 0.6) is 0 Å². The first kappa shape index (κ1) is 18.9. The summed E-state index contributed by atoms with van der Waals surface area (Å²) in [6.45, 7) is 3.75. The number of fused-ring (bicyclic) bond motifs is 2. The molecule has 31 heavy (non-hydrogen) atoms. The lowest BCUT2D eigenvalue weighted by Gasteiger charge is -2.20. The zero-order chi connectivity index (χ0) is 21.5. The van der Waals surface area contributed by atoms with Gasteiger partial charge in [-0.25, -0.2) is 24.3 Å². The standard InChI is InChI=1S/C22H18FN7O/c1-12-4-3-5-16-17(12)22(31)30(15-8-6-14(23)7-9-15)21(29-16)13(2)28-20-18-19(25-10-24-18)26-11-27-20/h3-11,13H,1-2H3,(H2,24,25,26,27,28). The number of aromatic amines is 1. The number of aromatic nitrogens is 6. The lowest BCUT2D eigenvalue weighted by Crippen LogP contribution is -2.28. The highest BCUT2D eigenvalue weighted by atomic mass is 19.1. The van der Waals surface area contributed by atoms with Crippen LogP contribution in [-0.4, -0.2) is 29.5 Å². The van der Waals surface area contributed by atoms with Gasteiger partial charge in [0.05, 0.1) is 29.0 Å². The molecule has 1 unspecified atom stereocenters. The van der Waals surface area contributed by atoms with E-state index in [1.54, 1.807) is 18.5 Å². The Morgan fingerprint density at radius 3 is 2.71 bits per heavy atom. The van der Waals surface area contributed by atoms with Gasteiger partial charge >= 0.3 is 0 Å². The molecule has 3 aromatic heterocycles. The molecule has 0 aliphatic heterocycles. The van der Waals surface area contributed by atoms with Crippen molar-refractivity contribution in [2.45, 2.75) is 19.9 Å². The van der Waals surface area contributed by atoms with E-state index in [4.69, 9.17) is 4.98 Å². The Morgan fingerprint density at radius 1 is 1.10 bits per heavy atom. The Labute approximate surface area is 175 Å². The van der Waals surface area contributed by atoms with Crippen LogP contribution in [0.1, 0.15) is 24.4 Å². The number of benzene rings is 2. The molecule has 2 N–H and O–H groups in total. The van der Waals surface area contributed by atoms with Crippen LogP contribution < -0.4 is 10.9 Å². The molecule has 0 saturated carbocycles. The van der Waals surface area contributed by atoms with Gasteiger partial charge in [0.15, 0.2) is 11.5 Å². The molecule has 0 aliphatic carbocycles. The van der Waals surface area contributed by atoms with Gasteiger partial charge in [0, 0.05) is 0 Å². The first-order chi connectivity index (χ1) is 15.0. The number of imidazole rings is 1. The molecule has 3 heterocycles. The second-order valence-electron chi connectivity index (χ2n) is 7.24. The number of H-pyrrole nitrogens is 1. The zero-order valence-corrected chi connectivity index (χ0v) is 16.8. The lowest BCUT2D eigenvalue weighted by molar-refractivity contribution is 0.626. The normalized spacial score (nSPS) is 12.4. The second-order valence-corrected chi connectivity index (χ2v) is 7.24. The predicted molar refractivity (Wildman–Crippen MR) is 116 cm³/mol. The Balaban J connectivity index is 1.71. The molecular weight excluding hydrogens is 397 g/mol. The van der Waals surface area contributed by atoms with Crippen molar-refractivity contribution in [3.63, 3.8) is 0 Å². The Kier molecular flexibility index (Phi) is 4.43. The van der Waals surface area contributed by atoms with Crippen molar-refractivity contribution in [3.05, 3.63) is 82.7 Å². The monoisotopic (exact) mass is 415 g/mol. The zero-order valence-electron chi connectivity index (χ0n) is 16.8. The molecular formula is C22H18FN7O. The van der Waals surface area contributed by atoms with Crippen molar-refractivity contribution in [1.82, 2.24) is 29.5 Å². The number of nitrogens with one attached hydrogen (secondary N) is 2. The van der Waals surface area contributed by atoms with Gasteiger partial charge in [0.1, 0.15) is 23.5 Å². The number of hydrogen-bond donors (Lipinski definition) is 2. The number of rotatable bonds is 4. The van der Waals surface area contributed by atoms with Gasteiger partial charge in [-0.15, -0.1) is 0 Å². The minimum absolute atomic E-state index is 0.217. The third-order valence-corrected chi connectivity index (χ3v) is 5.17. The third kappa shape index (κ3) is 3.20. The molecule has 0 bridgehead atoms. The molecule has 0 radical (unpaired) electrons. The second kappa shape index (κ2) is 7.28. The fraction of sp³-hybridized carbons (Fsp3) is 0.136. The first-order valence-corrected chi connectivity index (χ1v) is 9.72. The van der Waals surface area contributed by atoms with Crippen LogP contribution >= 0.6 is 0 Å². The van der Waals surface area contributed by atoms with Crippen molar-refractivity contribution in [2.24, 2.45) is 0 Å². The van der Waals surface area contributed by atoms with Crippen LogP contribution in [0.3, 0.4) is 0 Å². The predicted octanol–water partition coefficient (Wildman–Crippen LogP) is 3.67. The number of hydrogen-bond acceptors (Lipinski definition) is 6. The number of nitrogens with zero attached hydrogens (tertiary/aromatic N) is 5. The van der Waals surface area contributed by atoms with E-state index in [0.717, 1.165) is 5.56 Å². The highest BCUT2D eigenvalue weighted by Gasteiger charge is 2.20. The Morgan fingerprint density at radius 2 is 1.90 bits per heavy atom. The topological polar surface area (TPSA) is 101 Å². The quantitative estimate of drug-likeness (QED) is 0.464. The summed E-state index contributed by atoms with van der Waals surface area (Å²) in [6, 6.07) is 10.9. The molecule has 154 valence electrons. The average Bonchev–Trinajstić information content (AvgIpc) is 3.24. The largest absolute Gasteiger partial charge is 0.358 e. The molecule has 0 amide bonds. The molecule has 0 spiro atoms. The van der Waals surface area contributed by atoms with Crippen LogP contribution in [0.15, 0.2) is 59.9 Å². The van der Waals surface area contributed by atoms with E-state index in [9.17, 15) is 9.18 Å². The van der Waals surface area contributed by atoms with Crippen LogP contribution in [0, 0.1) is 12.7 Å². The van der Waals surface area contributed by atoms with Gasteiger partial charge in [0.25, 0.3) is 5.56 Å². The van der Waals surface area contributed by atoms with Crippen molar-refractivity contribution < 1.29 is 4.39 Å². The maximum Gasteiger partial charge on any atom is 0.266 e. The molecule has 1 atom stereocenters. The fourth-order valence-corrected chi connectivity index (χ4v) is 3.68. The van der Waals surface area contributed by atoms with E-state index in [1.807, 2.05) is 32.0 Å². The summed E-state index contributed by atoms with van der Waals surface area (Å²) in [5, 5.41) is 3.81. The Bertz CT molecular complexity index is 1470. The van der Waals surface area contributed by atoms with Gasteiger partial charge < -0.3 is 10.3 Å². The van der Waals surface area contributed by atoms with E-state index in [-0.39, 0.29) is 11.4 Å². The summed E-state index contributed by atoms with van der Waals surface area (Å²) in [5.41, 5.74) is 2.92. The van der Waals surface area contributed by atoms with Crippen molar-refractivity contribution in [1.29, 1.82) is 0 Å². The number of anilines is 1. The minimum atomic E-state index is -0.419. The maximum absolute atomic E-state index is 13.5. The molecule has 8 nitrogen and oxygen atoms in total. The van der Waals surface area contributed by atoms with Crippen molar-refractivity contribution in [2.75, 3.05) is 5.32 Å². The van der Waals surface area contributed by atoms with Crippen LogP contribution in [0.25, 0.3) is 27.8 Å². The molecule has 0 saturated heterocycles. The van der Waals surface area contributed by atoms with E-state index >= 15 is 0 Å². The highest BCUT2D eigenvalue weighted by Crippen LogP contribution is 2.24. The van der Waals surface area contributed by atoms with Gasteiger partial charge in [-0.3, -0.25) is 9.36 Å². The fourth-order valence-electron chi connectivity index (χ4n) is 3.68. The van der Waals surface area contributed by atoms with Crippen LogP contribution in [0.2, 0.25) is 0 Å². The van der Waals surface area contributed by atoms with E-state index in [1.165, 1.54) is 23.0 Å². The van der Waals surface area contributed by atoms with Crippen molar-refractivity contribution >= 4 is 27.9 Å². The summed E-state index contributed by atoms with van der Waals surface area (Å²) < 4.78 is 15.1. The average molecular weight is 415 g/mol. The van der Waals surface area contributed by atoms with Gasteiger partial charge in [-0.1, -0.05) is 12.1 Å². The third-order valence-electron chi connectivity index (χ3n) is 5.17. The minimum Gasteiger partial charge on any atom is -0.358 e. The maximum atomic E-state index is 13.5. The van der Waals surface area contributed by atoms with E-state index in [0.29, 0.717) is 39.4 Å². The highest BCUT2D eigenvalue weighted by molar-refractivity contribution is 5.83. The van der Waals surface area contributed by atoms with Gasteiger partial charge in [0.2, 0.25) is 0 Å². The Hall–Kier alpha value is -4.14. The van der Waals surface area contributed by atoms with Gasteiger partial charge in [-0.2, -0.15) is 0 Å². The molecule has 5 rings (SSSR count). The molecule has 0 aliphatic rings. The van der Waals surface area contributed by atoms with E-state index < -0.39 is 6.04 Å². The van der Waals surface area contributed by atoms with Crippen LogP contribution in [-0.2, 0) is 0 Å². The van der Waals surface area contributed by atoms with Crippen molar-refractivity contribution in [3.8, 4) is 5.69 Å². The van der Waals surface area contributed by atoms with Crippen LogP contribution in [0.4, 0.5) is 10.2 Å². The summed E-state index contributed by atoms with van der Waals surface area (Å²) in [4.78, 5) is 34.0. The summed E-state index contributed by atoms with van der Waals surface area (Å²) >= 11 is 0.